The molecule has 40 heavy (non-hydrogen) atoms. The van der Waals surface area contributed by atoms with E-state index in [-0.39, 0.29) is 35.2 Å². The van der Waals surface area contributed by atoms with E-state index in [0.717, 1.165) is 23.8 Å². The molecular formula is C26H28ClF3N6O4. The van der Waals surface area contributed by atoms with Crippen molar-refractivity contribution < 1.29 is 27.4 Å². The van der Waals surface area contributed by atoms with Crippen molar-refractivity contribution in [2.75, 3.05) is 32.1 Å². The Morgan fingerprint density at radius 1 is 1.30 bits per heavy atom. The van der Waals surface area contributed by atoms with Crippen LogP contribution in [0.3, 0.4) is 0 Å². The zero-order valence-corrected chi connectivity index (χ0v) is 22.7. The summed E-state index contributed by atoms with van der Waals surface area (Å²) in [7, 11) is 1.81. The fourth-order valence-corrected chi connectivity index (χ4v) is 5.35. The average molecular weight is 581 g/mol. The van der Waals surface area contributed by atoms with Gasteiger partial charge in [0.25, 0.3) is 5.56 Å². The molecule has 3 aromatic rings. The first kappa shape index (κ1) is 28.3. The van der Waals surface area contributed by atoms with Gasteiger partial charge in [-0.1, -0.05) is 24.6 Å². The van der Waals surface area contributed by atoms with Crippen molar-refractivity contribution in [3.05, 3.63) is 62.3 Å². The molecule has 14 heteroatoms. The molecule has 0 aliphatic carbocycles. The molecular weight excluding hydrogens is 553 g/mol. The third-order valence-electron chi connectivity index (χ3n) is 7.27. The largest absolute Gasteiger partial charge is 0.416 e. The first-order valence-electron chi connectivity index (χ1n) is 12.8. The van der Waals surface area contributed by atoms with Gasteiger partial charge >= 0.3 is 6.18 Å². The number of fused-ring (bicyclic) bond motifs is 2. The minimum absolute atomic E-state index is 0.0241. The van der Waals surface area contributed by atoms with E-state index in [2.05, 4.69) is 20.7 Å². The quantitative estimate of drug-likeness (QED) is 0.417. The van der Waals surface area contributed by atoms with Crippen molar-refractivity contribution in [2.24, 2.45) is 0 Å². The first-order valence-corrected chi connectivity index (χ1v) is 13.2. The maximum Gasteiger partial charge on any atom is 0.416 e. The number of carbonyl (C=O) groups excluding carboxylic acids is 1. The molecule has 2 aliphatic heterocycles. The number of amides is 1. The van der Waals surface area contributed by atoms with Crippen LogP contribution in [0.2, 0.25) is 5.02 Å². The van der Waals surface area contributed by atoms with Gasteiger partial charge in [0, 0.05) is 0 Å². The van der Waals surface area contributed by atoms with Gasteiger partial charge in [-0.05, 0) is 56.6 Å². The summed E-state index contributed by atoms with van der Waals surface area (Å²) in [6, 6.07) is 2.70. The van der Waals surface area contributed by atoms with Gasteiger partial charge in [0.1, 0.15) is 12.1 Å². The van der Waals surface area contributed by atoms with Gasteiger partial charge in [0.2, 0.25) is 11.7 Å². The fraction of sp³-hybridized carbons (Fsp3) is 0.462. The molecule has 2 aromatic heterocycles. The van der Waals surface area contributed by atoms with Crippen LogP contribution in [0.5, 0.6) is 0 Å². The summed E-state index contributed by atoms with van der Waals surface area (Å²) in [6.45, 7) is 3.18. The molecule has 4 heterocycles. The number of rotatable bonds is 8. The number of halogens is 4. The topological polar surface area (TPSA) is 112 Å². The number of nitrogens with zero attached hydrogens (tertiary/aromatic N) is 4. The number of alkyl halides is 3. The molecule has 10 nitrogen and oxygen atoms in total. The Labute approximate surface area is 232 Å². The van der Waals surface area contributed by atoms with E-state index in [1.807, 2.05) is 20.0 Å². The molecule has 0 spiro atoms. The Balaban J connectivity index is 1.58. The Bertz CT molecular complexity index is 1550. The van der Waals surface area contributed by atoms with Crippen LogP contribution in [0.25, 0.3) is 11.4 Å². The fourth-order valence-electron chi connectivity index (χ4n) is 5.12. The highest BCUT2D eigenvalue weighted by Crippen LogP contribution is 2.40. The predicted molar refractivity (Wildman–Crippen MR) is 141 cm³/mol. The number of aromatic nitrogens is 4. The lowest BCUT2D eigenvalue weighted by Crippen LogP contribution is -2.37. The summed E-state index contributed by atoms with van der Waals surface area (Å²) in [6.07, 6.45) is -1.11. The molecule has 0 radical (unpaired) electrons. The number of benzene rings is 1. The lowest BCUT2D eigenvalue weighted by Gasteiger charge is -2.27. The lowest BCUT2D eigenvalue weighted by atomic mass is 9.89. The Kier molecular flexibility index (Phi) is 7.75. The highest BCUT2D eigenvalue weighted by Gasteiger charge is 2.44. The zero-order chi connectivity index (χ0) is 28.7. The van der Waals surface area contributed by atoms with E-state index in [4.69, 9.17) is 21.1 Å². The van der Waals surface area contributed by atoms with Crippen LogP contribution in [0.4, 0.5) is 18.9 Å². The van der Waals surface area contributed by atoms with Gasteiger partial charge in [-0.3, -0.25) is 9.59 Å². The van der Waals surface area contributed by atoms with Crippen LogP contribution >= 0.6 is 11.6 Å². The monoisotopic (exact) mass is 580 g/mol. The third-order valence-corrected chi connectivity index (χ3v) is 7.58. The SMILES string of the molecule is CCC1(CCNC)OCc2c1c(=O)n1nc(C3=CCOCC3)nc1n2CC(=O)Nc1ccc(C(F)(F)F)cc1Cl. The second kappa shape index (κ2) is 11.0. The molecule has 2 N–H and O–H groups in total. The molecule has 2 aliphatic rings. The summed E-state index contributed by atoms with van der Waals surface area (Å²) >= 11 is 6.05. The van der Waals surface area contributed by atoms with Crippen LogP contribution < -0.4 is 16.2 Å². The molecule has 1 unspecified atom stereocenters. The average Bonchev–Trinajstić information content (AvgIpc) is 3.55. The summed E-state index contributed by atoms with van der Waals surface area (Å²) in [4.78, 5) is 31.7. The summed E-state index contributed by atoms with van der Waals surface area (Å²) in [5.41, 5.74) is -0.411. The van der Waals surface area contributed by atoms with Crippen LogP contribution in [0, 0.1) is 0 Å². The number of hydrogen-bond donors (Lipinski definition) is 2. The Morgan fingerprint density at radius 2 is 2.10 bits per heavy atom. The van der Waals surface area contributed by atoms with Gasteiger partial charge in [-0.25, -0.2) is 0 Å². The van der Waals surface area contributed by atoms with Gasteiger partial charge in [0.15, 0.2) is 5.82 Å². The summed E-state index contributed by atoms with van der Waals surface area (Å²) < 4.78 is 53.5. The van der Waals surface area contributed by atoms with E-state index in [1.54, 1.807) is 4.57 Å². The number of anilines is 1. The van der Waals surface area contributed by atoms with E-state index >= 15 is 0 Å². The molecule has 214 valence electrons. The predicted octanol–water partition coefficient (Wildman–Crippen LogP) is 3.75. The van der Waals surface area contributed by atoms with Crippen molar-refractivity contribution in [1.82, 2.24) is 24.5 Å². The van der Waals surface area contributed by atoms with Crippen LogP contribution in [0.1, 0.15) is 48.8 Å². The second-order valence-electron chi connectivity index (χ2n) is 9.65. The maximum atomic E-state index is 13.8. The second-order valence-corrected chi connectivity index (χ2v) is 10.1. The van der Waals surface area contributed by atoms with E-state index in [1.165, 1.54) is 4.52 Å². The van der Waals surface area contributed by atoms with Crippen LogP contribution in [-0.2, 0) is 39.2 Å². The van der Waals surface area contributed by atoms with Gasteiger partial charge in [-0.2, -0.15) is 22.7 Å². The van der Waals surface area contributed by atoms with Crippen LogP contribution in [-0.4, -0.2) is 51.9 Å². The number of carbonyl (C=O) groups is 1. The van der Waals surface area contributed by atoms with Gasteiger partial charge < -0.3 is 24.7 Å². The van der Waals surface area contributed by atoms with Crippen LogP contribution in [0.15, 0.2) is 29.1 Å². The smallest absolute Gasteiger partial charge is 0.377 e. The highest BCUT2D eigenvalue weighted by atomic mass is 35.5. The molecule has 1 aromatic carbocycles. The molecule has 0 saturated heterocycles. The Morgan fingerprint density at radius 3 is 2.75 bits per heavy atom. The highest BCUT2D eigenvalue weighted by molar-refractivity contribution is 6.33. The van der Waals surface area contributed by atoms with Crippen molar-refractivity contribution in [1.29, 1.82) is 0 Å². The lowest BCUT2D eigenvalue weighted by molar-refractivity contribution is -0.137. The number of ether oxygens (including phenoxy) is 2. The zero-order valence-electron chi connectivity index (χ0n) is 21.9. The molecule has 1 atom stereocenters. The van der Waals surface area contributed by atoms with Gasteiger partial charge in [0.05, 0.1) is 47.4 Å². The van der Waals surface area contributed by atoms with E-state index in [0.29, 0.717) is 56.1 Å². The first-order chi connectivity index (χ1) is 19.1. The van der Waals surface area contributed by atoms with Crippen molar-refractivity contribution in [3.63, 3.8) is 0 Å². The number of nitrogens with one attached hydrogen (secondary N) is 2. The minimum Gasteiger partial charge on any atom is -0.377 e. The van der Waals surface area contributed by atoms with E-state index in [9.17, 15) is 22.8 Å². The molecule has 0 fully saturated rings. The maximum absolute atomic E-state index is 13.8. The van der Waals surface area contributed by atoms with Gasteiger partial charge in [-0.15, -0.1) is 5.10 Å². The van der Waals surface area contributed by atoms with Crippen molar-refractivity contribution in [2.45, 2.75) is 51.1 Å². The number of hydrogen-bond acceptors (Lipinski definition) is 7. The normalized spacial score (nSPS) is 19.1. The van der Waals surface area contributed by atoms with Crippen molar-refractivity contribution in [3.8, 4) is 0 Å². The standard InChI is InChI=1S/C26H28ClF3N6O4/c1-3-25(8-9-31-2)21-19(14-40-25)35(13-20(37)32-18-5-4-16(12-17(18)27)26(28,29)30)24-33-22(34-36(24)23(21)38)15-6-10-39-11-7-15/h4-6,12,31H,3,7-11,13-14H2,1-2H3,(H,32,37). The van der Waals surface area contributed by atoms with E-state index < -0.39 is 23.2 Å². The molecule has 0 saturated carbocycles. The third kappa shape index (κ3) is 5.14. The minimum atomic E-state index is -4.57. The molecule has 0 bridgehead atoms. The molecule has 1 amide bonds. The summed E-state index contributed by atoms with van der Waals surface area (Å²) in [5, 5.41) is 9.92. The Hall–Kier alpha value is -3.26. The molecule has 5 rings (SSSR count). The van der Waals surface area contributed by atoms with Crippen molar-refractivity contribution >= 4 is 34.5 Å². The summed E-state index contributed by atoms with van der Waals surface area (Å²) in [5.74, 6) is -0.0559.